The number of hydrogen-bond donors (Lipinski definition) is 1. The third-order valence-electron chi connectivity index (χ3n) is 7.27. The maximum atomic E-state index is 14.4. The molecular weight excluding hydrogens is 449 g/mol. The zero-order valence-electron chi connectivity index (χ0n) is 20.1. The maximum Gasteiger partial charge on any atom is 0.223 e. The summed E-state index contributed by atoms with van der Waals surface area (Å²) >= 11 is 1.54. The minimum absolute atomic E-state index is 0.0449. The van der Waals surface area contributed by atoms with Crippen molar-refractivity contribution in [2.45, 2.75) is 39.5 Å². The highest BCUT2D eigenvalue weighted by Gasteiger charge is 2.27. The molecule has 1 amide bonds. The highest BCUT2D eigenvalue weighted by atomic mass is 32.1. The standard InChI is InChI=1S/C26H34FN5OS/c1-17-13-18(2)15-31(14-17)10-4-9-28-26(33)19-7-11-32(12-8-19)25-24-23(29-16-30-25)22-20(27)5-3-6-21(22)34-24/h3,5-6,16-19H,4,7-15H2,1-2H3,(H,28,33)/t17-,18-/m0/s1. The minimum atomic E-state index is -0.243. The molecule has 2 fully saturated rings. The van der Waals surface area contributed by atoms with Gasteiger partial charge in [0.2, 0.25) is 5.91 Å². The lowest BCUT2D eigenvalue weighted by molar-refractivity contribution is -0.125. The van der Waals surface area contributed by atoms with Crippen LogP contribution in [0.25, 0.3) is 20.3 Å². The molecule has 0 saturated carbocycles. The lowest BCUT2D eigenvalue weighted by Gasteiger charge is -2.35. The number of anilines is 1. The second-order valence-corrected chi connectivity index (χ2v) is 11.3. The number of benzene rings is 1. The van der Waals surface area contributed by atoms with E-state index in [1.54, 1.807) is 6.07 Å². The molecule has 8 heteroatoms. The molecule has 0 aliphatic carbocycles. The van der Waals surface area contributed by atoms with Crippen LogP contribution in [0.4, 0.5) is 10.2 Å². The molecule has 1 N–H and O–H groups in total. The summed E-state index contributed by atoms with van der Waals surface area (Å²) in [6, 6.07) is 5.14. The summed E-state index contributed by atoms with van der Waals surface area (Å²) in [7, 11) is 0. The van der Waals surface area contributed by atoms with Crippen molar-refractivity contribution in [2.24, 2.45) is 17.8 Å². The van der Waals surface area contributed by atoms with Gasteiger partial charge in [-0.2, -0.15) is 0 Å². The summed E-state index contributed by atoms with van der Waals surface area (Å²) in [5.74, 6) is 2.38. The molecule has 2 aliphatic heterocycles. The molecule has 3 aromatic rings. The van der Waals surface area contributed by atoms with Gasteiger partial charge in [0.25, 0.3) is 0 Å². The summed E-state index contributed by atoms with van der Waals surface area (Å²) in [5.41, 5.74) is 0.681. The number of carbonyl (C=O) groups is 1. The molecule has 2 aliphatic rings. The zero-order valence-corrected chi connectivity index (χ0v) is 20.9. The molecule has 0 spiro atoms. The predicted molar refractivity (Wildman–Crippen MR) is 137 cm³/mol. The number of hydrogen-bond acceptors (Lipinski definition) is 6. The number of halogens is 1. The number of fused-ring (bicyclic) bond motifs is 3. The van der Waals surface area contributed by atoms with Gasteiger partial charge < -0.3 is 15.1 Å². The van der Waals surface area contributed by atoms with Crippen molar-refractivity contribution in [3.63, 3.8) is 0 Å². The smallest absolute Gasteiger partial charge is 0.223 e. The molecule has 2 aromatic heterocycles. The number of aromatic nitrogens is 2. The van der Waals surface area contributed by atoms with E-state index >= 15 is 0 Å². The Balaban J connectivity index is 1.14. The van der Waals surface area contributed by atoms with E-state index in [1.165, 1.54) is 43.2 Å². The normalized spacial score (nSPS) is 22.5. The Labute approximate surface area is 204 Å². The van der Waals surface area contributed by atoms with Gasteiger partial charge in [-0.05, 0) is 56.2 Å². The molecular formula is C26H34FN5OS. The molecule has 6 nitrogen and oxygen atoms in total. The average molecular weight is 484 g/mol. The fourth-order valence-corrected chi connectivity index (χ4v) is 6.96. The summed E-state index contributed by atoms with van der Waals surface area (Å²) in [6.45, 7) is 10.4. The van der Waals surface area contributed by atoms with Crippen LogP contribution in [0.1, 0.15) is 39.5 Å². The van der Waals surface area contributed by atoms with Gasteiger partial charge in [-0.3, -0.25) is 4.79 Å². The number of nitrogens with one attached hydrogen (secondary N) is 1. The Morgan fingerprint density at radius 1 is 1.18 bits per heavy atom. The molecule has 2 atom stereocenters. The molecule has 4 heterocycles. The first-order chi connectivity index (χ1) is 16.5. The summed E-state index contributed by atoms with van der Waals surface area (Å²) in [6.07, 6.45) is 5.46. The number of likely N-dealkylation sites (tertiary alicyclic amines) is 1. The van der Waals surface area contributed by atoms with Crippen molar-refractivity contribution in [1.82, 2.24) is 20.2 Å². The van der Waals surface area contributed by atoms with Crippen molar-refractivity contribution in [3.05, 3.63) is 30.3 Å². The molecule has 1 aromatic carbocycles. The molecule has 0 unspecified atom stereocenters. The van der Waals surface area contributed by atoms with Crippen LogP contribution in [0.2, 0.25) is 0 Å². The number of piperidine rings is 2. The largest absolute Gasteiger partial charge is 0.356 e. The first kappa shape index (κ1) is 23.4. The summed E-state index contributed by atoms with van der Waals surface area (Å²) in [5, 5.41) is 3.75. The van der Waals surface area contributed by atoms with Crippen LogP contribution in [0.3, 0.4) is 0 Å². The van der Waals surface area contributed by atoms with Crippen LogP contribution in [-0.2, 0) is 4.79 Å². The molecule has 2 saturated heterocycles. The second-order valence-electron chi connectivity index (χ2n) is 10.2. The van der Waals surface area contributed by atoms with E-state index in [1.807, 2.05) is 6.07 Å². The number of amides is 1. The van der Waals surface area contributed by atoms with Gasteiger partial charge in [-0.1, -0.05) is 19.9 Å². The van der Waals surface area contributed by atoms with Crippen LogP contribution in [-0.4, -0.2) is 60.0 Å². The number of nitrogens with zero attached hydrogens (tertiary/aromatic N) is 4. The Hall–Kier alpha value is -2.32. The molecule has 0 bridgehead atoms. The monoisotopic (exact) mass is 483 g/mol. The quantitative estimate of drug-likeness (QED) is 0.516. The van der Waals surface area contributed by atoms with E-state index in [-0.39, 0.29) is 17.6 Å². The summed E-state index contributed by atoms with van der Waals surface area (Å²) < 4.78 is 16.2. The molecule has 182 valence electrons. The first-order valence-corrected chi connectivity index (χ1v) is 13.4. The van der Waals surface area contributed by atoms with Gasteiger partial charge in [0, 0.05) is 43.3 Å². The predicted octanol–water partition coefficient (Wildman–Crippen LogP) is 4.68. The lowest BCUT2D eigenvalue weighted by Crippen LogP contribution is -2.42. The van der Waals surface area contributed by atoms with Crippen molar-refractivity contribution in [1.29, 1.82) is 0 Å². The SMILES string of the molecule is C[C@H]1C[C@H](C)CN(CCCNC(=O)C2CCN(c3ncnc4c3sc3cccc(F)c34)CC2)C1. The Bertz CT molecular complexity index is 1150. The summed E-state index contributed by atoms with van der Waals surface area (Å²) in [4.78, 5) is 26.4. The first-order valence-electron chi connectivity index (χ1n) is 12.6. The van der Waals surface area contributed by atoms with Crippen LogP contribution in [0.5, 0.6) is 0 Å². The molecule has 5 rings (SSSR count). The van der Waals surface area contributed by atoms with Gasteiger partial charge in [0.15, 0.2) is 0 Å². The minimum Gasteiger partial charge on any atom is -0.356 e. The Morgan fingerprint density at radius 2 is 1.94 bits per heavy atom. The van der Waals surface area contributed by atoms with E-state index in [0.717, 1.165) is 72.5 Å². The van der Waals surface area contributed by atoms with E-state index in [0.29, 0.717) is 10.9 Å². The lowest BCUT2D eigenvalue weighted by atomic mass is 9.92. The van der Waals surface area contributed by atoms with Gasteiger partial charge in [-0.15, -0.1) is 11.3 Å². The Morgan fingerprint density at radius 3 is 2.71 bits per heavy atom. The van der Waals surface area contributed by atoms with Crippen LogP contribution >= 0.6 is 11.3 Å². The number of carbonyl (C=O) groups excluding carboxylic acids is 1. The van der Waals surface area contributed by atoms with Gasteiger partial charge in [-0.25, -0.2) is 14.4 Å². The third-order valence-corrected chi connectivity index (χ3v) is 8.41. The number of rotatable bonds is 6. The van der Waals surface area contributed by atoms with Crippen molar-refractivity contribution in [3.8, 4) is 0 Å². The van der Waals surface area contributed by atoms with Gasteiger partial charge >= 0.3 is 0 Å². The average Bonchev–Trinajstić information content (AvgIpc) is 3.21. The highest BCUT2D eigenvalue weighted by Crippen LogP contribution is 2.39. The van der Waals surface area contributed by atoms with E-state index in [9.17, 15) is 9.18 Å². The van der Waals surface area contributed by atoms with Crippen molar-refractivity contribution in [2.75, 3.05) is 44.2 Å². The van der Waals surface area contributed by atoms with E-state index < -0.39 is 0 Å². The Kier molecular flexibility index (Phi) is 6.97. The van der Waals surface area contributed by atoms with E-state index in [4.69, 9.17) is 0 Å². The van der Waals surface area contributed by atoms with E-state index in [2.05, 4.69) is 38.9 Å². The van der Waals surface area contributed by atoms with Crippen LogP contribution < -0.4 is 10.2 Å². The number of thiophene rings is 1. The fraction of sp³-hybridized carbons (Fsp3) is 0.577. The van der Waals surface area contributed by atoms with Gasteiger partial charge in [0.1, 0.15) is 18.0 Å². The fourth-order valence-electron chi connectivity index (χ4n) is 5.78. The second kappa shape index (κ2) is 10.1. The third kappa shape index (κ3) is 4.89. The zero-order chi connectivity index (χ0) is 23.7. The maximum absolute atomic E-state index is 14.4. The van der Waals surface area contributed by atoms with Crippen molar-refractivity contribution < 1.29 is 9.18 Å². The molecule has 34 heavy (non-hydrogen) atoms. The van der Waals surface area contributed by atoms with Crippen LogP contribution in [0.15, 0.2) is 24.5 Å². The molecule has 0 radical (unpaired) electrons. The van der Waals surface area contributed by atoms with Crippen LogP contribution in [0, 0.1) is 23.6 Å². The van der Waals surface area contributed by atoms with Crippen molar-refractivity contribution >= 4 is 43.4 Å². The topological polar surface area (TPSA) is 61.4 Å². The highest BCUT2D eigenvalue weighted by molar-refractivity contribution is 7.26. The van der Waals surface area contributed by atoms with Gasteiger partial charge in [0.05, 0.1) is 15.6 Å².